The zero-order valence-corrected chi connectivity index (χ0v) is 57.8. The largest absolute Gasteiger partial charge is 0.464 e. The highest BCUT2D eigenvalue weighted by molar-refractivity contribution is 7.80. The van der Waals surface area contributed by atoms with Crippen molar-refractivity contribution in [2.24, 2.45) is 0 Å². The van der Waals surface area contributed by atoms with Gasteiger partial charge in [0.1, 0.15) is 85.5 Å². The number of imidazole rings is 2. The van der Waals surface area contributed by atoms with Crippen molar-refractivity contribution in [1.82, 2.24) is 77.2 Å². The van der Waals surface area contributed by atoms with Crippen molar-refractivity contribution in [3.8, 4) is 0 Å². The number of H-pyrrole nitrogens is 4. The van der Waals surface area contributed by atoms with Crippen LogP contribution < -0.4 is 41.7 Å². The Morgan fingerprint density at radius 3 is 1.25 bits per heavy atom. The van der Waals surface area contributed by atoms with E-state index in [-0.39, 0.29) is 97.6 Å². The topological polar surface area (TPSA) is 402 Å². The summed E-state index contributed by atoms with van der Waals surface area (Å²) in [6, 6.07) is 0. The molecule has 0 bridgehead atoms. The molecule has 4 aliphatic heterocycles. The fraction of sp³-hybridized carbons (Fsp3) is 0.483. The Labute approximate surface area is 568 Å². The first-order valence-electron chi connectivity index (χ1n) is 30.3. The van der Waals surface area contributed by atoms with Crippen LogP contribution in [0.15, 0.2) is 89.0 Å². The summed E-state index contributed by atoms with van der Waals surface area (Å²) in [6.07, 6.45) is 8.91. The Morgan fingerprint density at radius 2 is 0.865 bits per heavy atom. The first kappa shape index (κ1) is 70.8. The molecule has 14 heterocycles. The summed E-state index contributed by atoms with van der Waals surface area (Å²) in [5.74, 6) is 1.74. The van der Waals surface area contributed by atoms with E-state index in [0.717, 1.165) is 58.2 Å². The highest BCUT2D eigenvalue weighted by Crippen LogP contribution is 2.37. The minimum atomic E-state index is -0.769. The third-order valence-electron chi connectivity index (χ3n) is 15.8. The van der Waals surface area contributed by atoms with Gasteiger partial charge in [0, 0.05) is 50.5 Å². The molecular weight excluding hydrogens is 1370 g/mol. The lowest BCUT2D eigenvalue weighted by Gasteiger charge is -2.21. The molecule has 0 aromatic carbocycles. The molecule has 0 spiro atoms. The van der Waals surface area contributed by atoms with Gasteiger partial charge in [-0.15, -0.1) is 13.2 Å². The highest BCUT2D eigenvalue weighted by Gasteiger charge is 2.43. The summed E-state index contributed by atoms with van der Waals surface area (Å²) in [7, 11) is 0. The molecule has 10 aromatic heterocycles. The Bertz CT molecular complexity index is 4960. The number of aromatic amines is 4. The molecule has 0 amide bonds. The summed E-state index contributed by atoms with van der Waals surface area (Å²) >= 11 is 14.0. The van der Waals surface area contributed by atoms with Crippen LogP contribution in [0.4, 0.5) is 0 Å². The van der Waals surface area contributed by atoms with Gasteiger partial charge in [-0.05, 0) is 77.8 Å². The average Bonchev–Trinajstić information content (AvgIpc) is 1.63. The first-order chi connectivity index (χ1) is 46.0. The first-order valence-corrected chi connectivity index (χ1v) is 34.4. The van der Waals surface area contributed by atoms with E-state index in [1.165, 1.54) is 18.3 Å². The molecule has 4 aliphatic rings. The van der Waals surface area contributed by atoms with Gasteiger partial charge in [-0.1, -0.05) is 73.0 Å². The molecule has 14 rings (SSSR count). The molecule has 0 aliphatic carbocycles. The molecule has 10 aromatic rings. The zero-order valence-electron chi connectivity index (χ0n) is 52.9. The van der Waals surface area contributed by atoms with Gasteiger partial charge in [-0.3, -0.25) is 65.8 Å². The average molecular weight is 1440 g/mol. The number of aliphatic hydroxyl groups excluding tert-OH is 2. The number of thiocarbonyl (C=S) groups is 2. The second kappa shape index (κ2) is 30.2. The normalized spacial score (nSPS) is 23.6. The fourth-order valence-electron chi connectivity index (χ4n) is 11.3. The molecule has 0 saturated carbocycles. The standard InChI is InChI=1S/2C16H17N5O4S2.2C12H15N3O4S.C2H4/c1-3-9-10(25-16(26)20-5-4-17-7-20)6-11(24-9)21-13-12(27-15(21)23)14(22)19-8(2)18-13;1-3-9-6-10(25-16(26)20-5-4-17-7-20)14(24-9)21-12-11(27-15(21)23)13(22)19-8(2)18-12;1-3-7-6(16)4-8(19-7)15-10-9(20-12(15)18)11(17)14-5(2)13-10;1-3-6-4-7(16)11(19-6)15-9-8(20-12(15)18)10(17)14-5(2)13-9;1-2/h4-5,7,9-11H,3,6H2,1-2H3,(H,18,19,22);4-5,7,9-10,14H,3,6H2,1-2H3,(H,18,19,22);6-8,16H,3-4H2,1-2H3,(H,13,14,17);6-7,11,16H,3-4H2,1-2H3,(H,13,14,17);1-2H2/t9-,10+,11?;9-,10-,14?;6-,7+,8?;6-,7-,11?;/m1101./s1. The maximum absolute atomic E-state index is 12.6. The van der Waals surface area contributed by atoms with Gasteiger partial charge >= 0.3 is 19.5 Å². The van der Waals surface area contributed by atoms with E-state index >= 15 is 0 Å². The van der Waals surface area contributed by atoms with Crippen molar-refractivity contribution in [1.29, 1.82) is 0 Å². The zero-order chi connectivity index (χ0) is 69.1. The molecule has 6 N–H and O–H groups in total. The summed E-state index contributed by atoms with van der Waals surface area (Å²) in [6.45, 7) is 20.5. The van der Waals surface area contributed by atoms with Crippen molar-refractivity contribution in [3.05, 3.63) is 154 Å². The maximum atomic E-state index is 12.6. The predicted octanol–water partition coefficient (Wildman–Crippen LogP) is 4.96. The van der Waals surface area contributed by atoms with Crippen molar-refractivity contribution in [3.63, 3.8) is 0 Å². The Morgan fingerprint density at radius 1 is 0.500 bits per heavy atom. The number of rotatable bonds is 10. The van der Waals surface area contributed by atoms with Crippen LogP contribution in [0.5, 0.6) is 0 Å². The second-order valence-corrected chi connectivity index (χ2v) is 26.8. The maximum Gasteiger partial charge on any atom is 0.311 e. The highest BCUT2D eigenvalue weighted by atomic mass is 32.1. The van der Waals surface area contributed by atoms with Crippen molar-refractivity contribution in [2.75, 3.05) is 0 Å². The predicted molar refractivity (Wildman–Crippen MR) is 366 cm³/mol. The third-order valence-corrected chi connectivity index (χ3v) is 20.2. The quantitative estimate of drug-likeness (QED) is 0.0778. The van der Waals surface area contributed by atoms with Gasteiger partial charge in [-0.25, -0.2) is 29.9 Å². The summed E-state index contributed by atoms with van der Waals surface area (Å²) in [4.78, 5) is 132. The molecule has 38 heteroatoms. The Kier molecular flexibility index (Phi) is 22.2. The molecule has 4 unspecified atom stereocenters. The van der Waals surface area contributed by atoms with Gasteiger partial charge < -0.3 is 58.6 Å². The number of thiazole rings is 4. The molecular formula is C58H68N16O16S6. The van der Waals surface area contributed by atoms with Crippen molar-refractivity contribution < 1.29 is 38.6 Å². The summed E-state index contributed by atoms with van der Waals surface area (Å²) in [5, 5.41) is 20.5. The lowest BCUT2D eigenvalue weighted by molar-refractivity contribution is -0.0364. The molecule has 512 valence electrons. The van der Waals surface area contributed by atoms with Gasteiger partial charge in [0.15, 0.2) is 35.0 Å². The second-order valence-electron chi connectivity index (χ2n) is 22.2. The van der Waals surface area contributed by atoms with E-state index in [4.69, 9.17) is 52.9 Å². The summed E-state index contributed by atoms with van der Waals surface area (Å²) < 4.78 is 45.2. The van der Waals surface area contributed by atoms with E-state index in [2.05, 4.69) is 63.0 Å². The van der Waals surface area contributed by atoms with Crippen LogP contribution in [-0.2, 0) is 28.4 Å². The smallest absolute Gasteiger partial charge is 0.311 e. The Hall–Kier alpha value is -8.02. The van der Waals surface area contributed by atoms with Crippen LogP contribution in [0.25, 0.3) is 41.4 Å². The van der Waals surface area contributed by atoms with E-state index in [9.17, 15) is 48.6 Å². The van der Waals surface area contributed by atoms with E-state index in [0.29, 0.717) is 88.2 Å². The van der Waals surface area contributed by atoms with Crippen LogP contribution in [-0.4, -0.2) is 147 Å². The number of hydrogen-bond acceptors (Lipinski definition) is 28. The van der Waals surface area contributed by atoms with E-state index in [1.54, 1.807) is 74.3 Å². The number of aromatic nitrogens is 16. The lowest BCUT2D eigenvalue weighted by atomic mass is 10.1. The SMILES string of the molecule is C=C.CC[C@@H]1C[C@@H](O)C(n2c(=O)sc3c(=O)[nH]c(C)nc32)O1.CC[C@@H]1C[C@@H](OC(=S)n2ccnc2)C(n2c(=O)sc3c(=O)[nH]c(C)nc32)O1.CC[C@H]1OC(n2c(=O)sc3c(=O)[nH]c(C)nc32)C[C@@H]1O.CC[C@H]1OC(n2c(=O)sc3c(=O)[nH]c(C)nc32)C[C@@H]1OC(=S)n1ccnc1. The number of nitrogens with zero attached hydrogens (tertiary/aromatic N) is 12. The van der Waals surface area contributed by atoms with Crippen LogP contribution >= 0.6 is 69.8 Å². The van der Waals surface area contributed by atoms with Crippen molar-refractivity contribution >= 4 is 122 Å². The number of hydrogen-bond donors (Lipinski definition) is 6. The number of aliphatic hydroxyl groups is 2. The molecule has 32 nitrogen and oxygen atoms in total. The molecule has 12 atom stereocenters. The van der Waals surface area contributed by atoms with Crippen LogP contribution in [0.2, 0.25) is 0 Å². The van der Waals surface area contributed by atoms with Gasteiger partial charge in [0.05, 0.1) is 30.5 Å². The minimum Gasteiger partial charge on any atom is -0.464 e. The fourth-order valence-corrected chi connectivity index (χ4v) is 15.2. The molecule has 96 heavy (non-hydrogen) atoms. The number of nitrogens with one attached hydrogen (secondary N) is 4. The number of fused-ring (bicyclic) bond motifs is 4. The van der Waals surface area contributed by atoms with Crippen molar-refractivity contribution in [2.45, 2.75) is 180 Å². The van der Waals surface area contributed by atoms with Gasteiger partial charge in [0.2, 0.25) is 0 Å². The van der Waals surface area contributed by atoms with E-state index < -0.39 is 43.2 Å². The molecule has 0 radical (unpaired) electrons. The lowest BCUT2D eigenvalue weighted by Crippen LogP contribution is -2.31. The van der Waals surface area contributed by atoms with E-state index in [1.807, 2.05) is 27.7 Å². The summed E-state index contributed by atoms with van der Waals surface area (Å²) in [5.41, 5.74) is -0.0737. The van der Waals surface area contributed by atoms with Crippen LogP contribution in [0.1, 0.15) is 127 Å². The van der Waals surface area contributed by atoms with Crippen LogP contribution in [0.3, 0.4) is 0 Å². The van der Waals surface area contributed by atoms with Gasteiger partial charge in [-0.2, -0.15) is 0 Å². The Balaban J connectivity index is 0.000000139. The monoisotopic (exact) mass is 1440 g/mol. The van der Waals surface area contributed by atoms with Gasteiger partial charge in [0.25, 0.3) is 32.6 Å². The third kappa shape index (κ3) is 14.6. The molecule has 4 saturated heterocycles. The van der Waals surface area contributed by atoms with Crippen LogP contribution in [0, 0.1) is 27.7 Å². The number of ether oxygens (including phenoxy) is 6. The number of aryl methyl sites for hydroxylation is 4. The molecule has 4 fully saturated rings. The minimum absolute atomic E-state index is 0.0834.